The van der Waals surface area contributed by atoms with E-state index in [-0.39, 0.29) is 12.0 Å². The molecule has 0 unspecified atom stereocenters. The Labute approximate surface area is 101 Å². The number of ether oxygens (including phenoxy) is 1. The third-order valence-electron chi connectivity index (χ3n) is 2.22. The molecule has 0 spiro atoms. The van der Waals surface area contributed by atoms with E-state index in [0.717, 1.165) is 19.4 Å². The zero-order valence-corrected chi connectivity index (χ0v) is 10.3. The van der Waals surface area contributed by atoms with Gasteiger partial charge >= 0.3 is 0 Å². The molecule has 0 saturated carbocycles. The molecule has 6 nitrogen and oxygen atoms in total. The minimum absolute atomic E-state index is 0.193. The number of H-pyrrole nitrogens is 1. The van der Waals surface area contributed by atoms with Crippen LogP contribution in [0, 0.1) is 0 Å². The molecule has 1 amide bonds. The monoisotopic (exact) mass is 240 g/mol. The fourth-order valence-corrected chi connectivity index (χ4v) is 1.32. The number of aromatic nitrogens is 2. The normalized spacial score (nSPS) is 10.8. The van der Waals surface area contributed by atoms with Gasteiger partial charge in [-0.2, -0.15) is 5.10 Å². The quantitative estimate of drug-likeness (QED) is 0.618. The van der Waals surface area contributed by atoms with Gasteiger partial charge in [0.2, 0.25) is 0 Å². The van der Waals surface area contributed by atoms with Crippen molar-refractivity contribution in [3.63, 3.8) is 0 Å². The lowest BCUT2D eigenvalue weighted by Crippen LogP contribution is -2.25. The number of nitrogens with one attached hydrogen (secondary N) is 2. The fraction of sp³-hybridized carbons (Fsp3) is 0.636. The molecule has 0 aliphatic carbocycles. The highest BCUT2D eigenvalue weighted by atomic mass is 16.5. The van der Waals surface area contributed by atoms with Crippen molar-refractivity contribution in [1.29, 1.82) is 0 Å². The number of amides is 1. The first kappa shape index (κ1) is 13.5. The summed E-state index contributed by atoms with van der Waals surface area (Å²) in [6.45, 7) is 5.35. The molecular formula is C11H20N4O2. The number of anilines is 1. The Hall–Kier alpha value is -1.56. The fourth-order valence-electron chi connectivity index (χ4n) is 1.32. The van der Waals surface area contributed by atoms with Gasteiger partial charge in [0.05, 0.1) is 12.3 Å². The van der Waals surface area contributed by atoms with Crippen molar-refractivity contribution in [2.24, 2.45) is 0 Å². The minimum Gasteiger partial charge on any atom is -0.383 e. The molecule has 0 radical (unpaired) electrons. The van der Waals surface area contributed by atoms with Crippen molar-refractivity contribution in [3.05, 3.63) is 11.8 Å². The molecule has 0 bridgehead atoms. The van der Waals surface area contributed by atoms with Crippen molar-refractivity contribution in [2.45, 2.75) is 32.8 Å². The van der Waals surface area contributed by atoms with Crippen LogP contribution in [0.15, 0.2) is 6.20 Å². The third kappa shape index (κ3) is 4.86. The standard InChI is InChI=1S/C11H20N4O2/c1-8(2)17-6-4-3-5-13-11(16)9-7-14-15-10(9)12/h7-8H,3-6H2,1-2H3,(H,13,16)(H3,12,14,15). The van der Waals surface area contributed by atoms with Crippen LogP contribution in [-0.4, -0.2) is 35.4 Å². The molecule has 1 aromatic heterocycles. The van der Waals surface area contributed by atoms with Gasteiger partial charge < -0.3 is 15.8 Å². The molecule has 0 atom stereocenters. The predicted molar refractivity (Wildman–Crippen MR) is 65.7 cm³/mol. The number of carbonyl (C=O) groups excluding carboxylic acids is 1. The van der Waals surface area contributed by atoms with Gasteiger partial charge in [0, 0.05) is 13.2 Å². The first-order valence-corrected chi connectivity index (χ1v) is 5.80. The number of nitrogens with zero attached hydrogens (tertiary/aromatic N) is 1. The minimum atomic E-state index is -0.193. The smallest absolute Gasteiger partial charge is 0.256 e. The molecule has 0 fully saturated rings. The molecule has 0 aliphatic heterocycles. The van der Waals surface area contributed by atoms with Gasteiger partial charge in [0.15, 0.2) is 0 Å². The number of nitrogens with two attached hydrogens (primary N) is 1. The summed E-state index contributed by atoms with van der Waals surface area (Å²) in [6, 6.07) is 0. The highest BCUT2D eigenvalue weighted by Crippen LogP contribution is 2.05. The van der Waals surface area contributed by atoms with Gasteiger partial charge in [-0.05, 0) is 26.7 Å². The summed E-state index contributed by atoms with van der Waals surface area (Å²) in [5.74, 6) is 0.103. The van der Waals surface area contributed by atoms with E-state index in [9.17, 15) is 4.79 Å². The van der Waals surface area contributed by atoms with Crippen molar-refractivity contribution in [2.75, 3.05) is 18.9 Å². The van der Waals surface area contributed by atoms with E-state index >= 15 is 0 Å². The zero-order valence-electron chi connectivity index (χ0n) is 10.3. The molecule has 6 heteroatoms. The second kappa shape index (κ2) is 6.90. The van der Waals surface area contributed by atoms with Crippen LogP contribution < -0.4 is 11.1 Å². The maximum absolute atomic E-state index is 11.6. The van der Waals surface area contributed by atoms with Gasteiger partial charge in [-0.1, -0.05) is 0 Å². The van der Waals surface area contributed by atoms with Crippen LogP contribution in [0.2, 0.25) is 0 Å². The van der Waals surface area contributed by atoms with E-state index in [1.165, 1.54) is 6.20 Å². The topological polar surface area (TPSA) is 93.0 Å². The molecule has 4 N–H and O–H groups in total. The number of unbranched alkanes of at least 4 members (excludes halogenated alkanes) is 1. The molecule has 1 rings (SSSR count). The summed E-state index contributed by atoms with van der Waals surface area (Å²) in [7, 11) is 0. The van der Waals surface area contributed by atoms with Crippen molar-refractivity contribution in [1.82, 2.24) is 15.5 Å². The molecule has 1 heterocycles. The maximum atomic E-state index is 11.6. The first-order chi connectivity index (χ1) is 8.11. The Morgan fingerprint density at radius 1 is 1.59 bits per heavy atom. The SMILES string of the molecule is CC(C)OCCCCNC(=O)c1cn[nH]c1N. The number of aromatic amines is 1. The van der Waals surface area contributed by atoms with Crippen molar-refractivity contribution >= 4 is 11.7 Å². The van der Waals surface area contributed by atoms with Gasteiger partial charge in [-0.25, -0.2) is 0 Å². The zero-order chi connectivity index (χ0) is 12.7. The van der Waals surface area contributed by atoms with E-state index in [1.54, 1.807) is 0 Å². The highest BCUT2D eigenvalue weighted by Gasteiger charge is 2.10. The number of nitrogen functional groups attached to an aromatic ring is 1. The summed E-state index contributed by atoms with van der Waals surface area (Å²) in [5, 5.41) is 8.99. The molecular weight excluding hydrogens is 220 g/mol. The first-order valence-electron chi connectivity index (χ1n) is 5.80. The molecule has 17 heavy (non-hydrogen) atoms. The second-order valence-electron chi connectivity index (χ2n) is 4.08. The maximum Gasteiger partial charge on any atom is 0.256 e. The van der Waals surface area contributed by atoms with Crippen LogP contribution in [0.25, 0.3) is 0 Å². The second-order valence-corrected chi connectivity index (χ2v) is 4.08. The lowest BCUT2D eigenvalue weighted by Gasteiger charge is -2.07. The van der Waals surface area contributed by atoms with Crippen molar-refractivity contribution in [3.8, 4) is 0 Å². The van der Waals surface area contributed by atoms with E-state index < -0.39 is 0 Å². The summed E-state index contributed by atoms with van der Waals surface area (Å²) >= 11 is 0. The largest absolute Gasteiger partial charge is 0.383 e. The molecule has 0 aliphatic rings. The number of carbonyl (C=O) groups is 1. The molecule has 0 saturated heterocycles. The highest BCUT2D eigenvalue weighted by molar-refractivity contribution is 5.97. The van der Waals surface area contributed by atoms with Gasteiger partial charge in [-0.3, -0.25) is 9.89 Å². The molecule has 1 aromatic rings. The van der Waals surface area contributed by atoms with Crippen LogP contribution in [0.1, 0.15) is 37.0 Å². The third-order valence-corrected chi connectivity index (χ3v) is 2.22. The Morgan fingerprint density at radius 3 is 2.94 bits per heavy atom. The summed E-state index contributed by atoms with van der Waals surface area (Å²) in [4.78, 5) is 11.6. The lowest BCUT2D eigenvalue weighted by molar-refractivity contribution is 0.0754. The van der Waals surface area contributed by atoms with Gasteiger partial charge in [0.1, 0.15) is 11.4 Å². The Balaban J connectivity index is 2.11. The van der Waals surface area contributed by atoms with Crippen LogP contribution in [0.5, 0.6) is 0 Å². The Morgan fingerprint density at radius 2 is 2.35 bits per heavy atom. The van der Waals surface area contributed by atoms with Crippen molar-refractivity contribution < 1.29 is 9.53 Å². The van der Waals surface area contributed by atoms with E-state index in [0.29, 0.717) is 17.9 Å². The Kier molecular flexibility index (Phi) is 5.48. The van der Waals surface area contributed by atoms with Crippen LogP contribution in [0.3, 0.4) is 0 Å². The Bertz CT molecular complexity index is 349. The summed E-state index contributed by atoms with van der Waals surface area (Å²) in [6.07, 6.45) is 3.50. The van der Waals surface area contributed by atoms with Crippen LogP contribution in [0.4, 0.5) is 5.82 Å². The average Bonchev–Trinajstić information content (AvgIpc) is 2.69. The lowest BCUT2D eigenvalue weighted by atomic mass is 10.3. The summed E-state index contributed by atoms with van der Waals surface area (Å²) in [5.41, 5.74) is 5.92. The summed E-state index contributed by atoms with van der Waals surface area (Å²) < 4.78 is 5.39. The van der Waals surface area contributed by atoms with E-state index in [1.807, 2.05) is 13.8 Å². The molecule has 96 valence electrons. The van der Waals surface area contributed by atoms with Crippen LogP contribution in [-0.2, 0) is 4.74 Å². The van der Waals surface area contributed by atoms with E-state index in [2.05, 4.69) is 15.5 Å². The predicted octanol–water partition coefficient (Wildman–Crippen LogP) is 0.927. The van der Waals surface area contributed by atoms with E-state index in [4.69, 9.17) is 10.5 Å². The van der Waals surface area contributed by atoms with Crippen LogP contribution >= 0.6 is 0 Å². The number of hydrogen-bond donors (Lipinski definition) is 3. The number of hydrogen-bond acceptors (Lipinski definition) is 4. The molecule has 0 aromatic carbocycles. The van der Waals surface area contributed by atoms with Gasteiger partial charge in [-0.15, -0.1) is 0 Å². The average molecular weight is 240 g/mol. The van der Waals surface area contributed by atoms with Gasteiger partial charge in [0.25, 0.3) is 5.91 Å². The number of rotatable bonds is 7.